The van der Waals surface area contributed by atoms with E-state index in [1.807, 2.05) is 48.5 Å². The van der Waals surface area contributed by atoms with Crippen LogP contribution in [0.5, 0.6) is 0 Å². The lowest BCUT2D eigenvalue weighted by molar-refractivity contribution is 0.0513. The standard InChI is InChI=1S/C31H29ClN6O3/c1-3-5-14-26-33-30(39)27(24-12-8-9-13-25(24)32)28(31(40)41-4-2)38(26)19-20-15-17-21(18-16-20)22-10-6-7-11-23(22)29-34-36-37-35-29/h6-13,15-18H,3-5,14,19H2,1-2H3,(H,34,35,36,37). The molecule has 0 saturated heterocycles. The number of hydrogen-bond donors (Lipinski definition) is 1. The third-order valence-corrected chi connectivity index (χ3v) is 7.08. The van der Waals surface area contributed by atoms with Crippen LogP contribution in [0.4, 0.5) is 0 Å². The van der Waals surface area contributed by atoms with Gasteiger partial charge in [0.1, 0.15) is 11.5 Å². The normalized spacial score (nSPS) is 11.0. The molecule has 0 saturated carbocycles. The van der Waals surface area contributed by atoms with Crippen LogP contribution in [0.1, 0.15) is 48.6 Å². The number of carbonyl (C=O) groups excluding carboxylic acids is 1. The number of aromatic nitrogens is 6. The van der Waals surface area contributed by atoms with Gasteiger partial charge in [0.25, 0.3) is 5.56 Å². The average Bonchev–Trinajstić information content (AvgIpc) is 3.53. The van der Waals surface area contributed by atoms with Gasteiger partial charge in [-0.2, -0.15) is 10.2 Å². The fourth-order valence-electron chi connectivity index (χ4n) is 4.79. The molecule has 0 fully saturated rings. The largest absolute Gasteiger partial charge is 0.461 e. The van der Waals surface area contributed by atoms with Crippen LogP contribution in [0.2, 0.25) is 5.02 Å². The minimum absolute atomic E-state index is 0.139. The lowest BCUT2D eigenvalue weighted by Crippen LogP contribution is -2.28. The van der Waals surface area contributed by atoms with E-state index in [1.54, 1.807) is 35.8 Å². The van der Waals surface area contributed by atoms with Crippen LogP contribution >= 0.6 is 11.6 Å². The van der Waals surface area contributed by atoms with Crippen molar-refractivity contribution in [1.29, 1.82) is 0 Å². The van der Waals surface area contributed by atoms with Crippen LogP contribution in [0, 0.1) is 0 Å². The Labute approximate surface area is 242 Å². The lowest BCUT2D eigenvalue weighted by Gasteiger charge is -2.20. The van der Waals surface area contributed by atoms with Crippen molar-refractivity contribution in [3.63, 3.8) is 0 Å². The Bertz CT molecular complexity index is 1720. The molecule has 208 valence electrons. The molecule has 0 aliphatic heterocycles. The second-order valence-corrected chi connectivity index (χ2v) is 9.83. The summed E-state index contributed by atoms with van der Waals surface area (Å²) in [4.78, 5) is 31.3. The quantitative estimate of drug-likeness (QED) is 0.206. The van der Waals surface area contributed by atoms with Crippen LogP contribution < -0.4 is 5.56 Å². The number of nitrogens with one attached hydrogen (secondary N) is 1. The Morgan fingerprint density at radius 1 is 0.951 bits per heavy atom. The van der Waals surface area contributed by atoms with Gasteiger partial charge in [0.05, 0.1) is 12.2 Å². The van der Waals surface area contributed by atoms with E-state index < -0.39 is 11.5 Å². The van der Waals surface area contributed by atoms with Crippen molar-refractivity contribution >= 4 is 17.6 Å². The topological polar surface area (TPSA) is 116 Å². The third kappa shape index (κ3) is 5.95. The van der Waals surface area contributed by atoms with E-state index in [4.69, 9.17) is 16.3 Å². The Morgan fingerprint density at radius 2 is 1.66 bits per heavy atom. The van der Waals surface area contributed by atoms with Crippen molar-refractivity contribution in [2.24, 2.45) is 0 Å². The number of rotatable bonds is 10. The number of esters is 1. The smallest absolute Gasteiger partial charge is 0.355 e. The molecule has 41 heavy (non-hydrogen) atoms. The van der Waals surface area contributed by atoms with Crippen molar-refractivity contribution in [1.82, 2.24) is 30.2 Å². The molecule has 3 aromatic carbocycles. The Kier molecular flexibility index (Phi) is 8.64. The lowest BCUT2D eigenvalue weighted by atomic mass is 9.98. The second kappa shape index (κ2) is 12.7. The molecule has 5 rings (SSSR count). The molecule has 0 unspecified atom stereocenters. The first-order valence-electron chi connectivity index (χ1n) is 13.5. The predicted molar refractivity (Wildman–Crippen MR) is 158 cm³/mol. The molecule has 0 aliphatic rings. The molecular formula is C31H29ClN6O3. The highest BCUT2D eigenvalue weighted by molar-refractivity contribution is 6.33. The van der Waals surface area contributed by atoms with Crippen molar-refractivity contribution in [3.05, 3.63) is 105 Å². The zero-order valence-electron chi connectivity index (χ0n) is 22.8. The molecular weight excluding hydrogens is 540 g/mol. The van der Waals surface area contributed by atoms with E-state index in [1.165, 1.54) is 0 Å². The summed E-state index contributed by atoms with van der Waals surface area (Å²) in [6.45, 7) is 4.28. The number of H-pyrrole nitrogens is 1. The van der Waals surface area contributed by atoms with E-state index in [0.717, 1.165) is 35.1 Å². The first-order chi connectivity index (χ1) is 20.0. The molecule has 0 atom stereocenters. The summed E-state index contributed by atoms with van der Waals surface area (Å²) in [5.41, 5.74) is 3.94. The van der Waals surface area contributed by atoms with Gasteiger partial charge in [0, 0.05) is 29.1 Å². The maximum atomic E-state index is 13.5. The first-order valence-corrected chi connectivity index (χ1v) is 13.9. The summed E-state index contributed by atoms with van der Waals surface area (Å²) < 4.78 is 7.26. The van der Waals surface area contributed by atoms with E-state index in [-0.39, 0.29) is 17.9 Å². The fraction of sp³-hybridized carbons (Fsp3) is 0.226. The van der Waals surface area contributed by atoms with Crippen molar-refractivity contribution < 1.29 is 9.53 Å². The number of nitrogens with zero attached hydrogens (tertiary/aromatic N) is 5. The fourth-order valence-corrected chi connectivity index (χ4v) is 5.02. The van der Waals surface area contributed by atoms with Gasteiger partial charge < -0.3 is 9.30 Å². The van der Waals surface area contributed by atoms with Gasteiger partial charge in [-0.25, -0.2) is 4.79 Å². The molecule has 0 aliphatic carbocycles. The van der Waals surface area contributed by atoms with Gasteiger partial charge >= 0.3 is 5.97 Å². The molecule has 9 nitrogen and oxygen atoms in total. The minimum Gasteiger partial charge on any atom is -0.461 e. The van der Waals surface area contributed by atoms with E-state index in [0.29, 0.717) is 35.2 Å². The maximum absolute atomic E-state index is 13.5. The Balaban J connectivity index is 1.61. The number of aromatic amines is 1. The van der Waals surface area contributed by atoms with Crippen LogP contribution in [-0.4, -0.2) is 42.8 Å². The highest BCUT2D eigenvalue weighted by Gasteiger charge is 2.26. The average molecular weight is 569 g/mol. The molecule has 0 spiro atoms. The van der Waals surface area contributed by atoms with Crippen molar-refractivity contribution in [3.8, 4) is 33.6 Å². The minimum atomic E-state index is -0.592. The number of ether oxygens (including phenoxy) is 1. The zero-order chi connectivity index (χ0) is 28.8. The van der Waals surface area contributed by atoms with Crippen molar-refractivity contribution in [2.75, 3.05) is 6.61 Å². The number of unbranched alkanes of at least 4 members (excludes halogenated alkanes) is 1. The van der Waals surface area contributed by atoms with Gasteiger partial charge in [0.15, 0.2) is 0 Å². The van der Waals surface area contributed by atoms with Gasteiger partial charge in [-0.05, 0) is 41.3 Å². The zero-order valence-corrected chi connectivity index (χ0v) is 23.6. The predicted octanol–water partition coefficient (Wildman–Crippen LogP) is 5.98. The summed E-state index contributed by atoms with van der Waals surface area (Å²) in [7, 11) is 0. The van der Waals surface area contributed by atoms with Crippen LogP contribution in [0.3, 0.4) is 0 Å². The summed E-state index contributed by atoms with van der Waals surface area (Å²) >= 11 is 6.50. The molecule has 1 N–H and O–H groups in total. The number of benzene rings is 3. The van der Waals surface area contributed by atoms with E-state index >= 15 is 0 Å². The highest BCUT2D eigenvalue weighted by Crippen LogP contribution is 2.31. The van der Waals surface area contributed by atoms with Crippen LogP contribution in [0.25, 0.3) is 33.6 Å². The number of carbonyl (C=O) groups is 1. The summed E-state index contributed by atoms with van der Waals surface area (Å²) in [5, 5.41) is 14.8. The number of tetrazole rings is 1. The van der Waals surface area contributed by atoms with Crippen molar-refractivity contribution in [2.45, 2.75) is 39.7 Å². The van der Waals surface area contributed by atoms with E-state index in [9.17, 15) is 9.59 Å². The Morgan fingerprint density at radius 3 is 2.32 bits per heavy atom. The van der Waals surface area contributed by atoms with Crippen LogP contribution in [-0.2, 0) is 17.7 Å². The van der Waals surface area contributed by atoms with E-state index in [2.05, 4.69) is 32.5 Å². The molecule has 0 radical (unpaired) electrons. The molecule has 10 heteroatoms. The summed E-state index contributed by atoms with van der Waals surface area (Å²) in [6, 6.07) is 22.8. The molecule has 5 aromatic rings. The van der Waals surface area contributed by atoms with Gasteiger partial charge in [-0.1, -0.05) is 91.7 Å². The number of halogens is 1. The van der Waals surface area contributed by atoms with Gasteiger partial charge in [-0.15, -0.1) is 10.2 Å². The van der Waals surface area contributed by atoms with Gasteiger partial charge in [-0.3, -0.25) is 4.79 Å². The SMILES string of the molecule is CCCCc1nc(=O)c(-c2ccccc2Cl)c(C(=O)OCC)n1Cc1ccc(-c2ccccc2-c2nn[nH]n2)cc1. The molecule has 0 bridgehead atoms. The van der Waals surface area contributed by atoms with Gasteiger partial charge in [0.2, 0.25) is 5.82 Å². The third-order valence-electron chi connectivity index (χ3n) is 6.75. The maximum Gasteiger partial charge on any atom is 0.355 e. The number of aryl methyl sites for hydroxylation is 1. The molecule has 2 aromatic heterocycles. The molecule has 0 amide bonds. The second-order valence-electron chi connectivity index (χ2n) is 9.42. The Hall–Kier alpha value is -4.63. The summed E-state index contributed by atoms with van der Waals surface area (Å²) in [5.74, 6) is 0.448. The molecule has 2 heterocycles. The highest BCUT2D eigenvalue weighted by atomic mass is 35.5. The summed E-state index contributed by atoms with van der Waals surface area (Å²) in [6.07, 6.45) is 2.26. The monoisotopic (exact) mass is 568 g/mol. The first kappa shape index (κ1) is 27.9. The van der Waals surface area contributed by atoms with Crippen LogP contribution in [0.15, 0.2) is 77.6 Å². The number of hydrogen-bond acceptors (Lipinski definition) is 7.